The third-order valence-corrected chi connectivity index (χ3v) is 3.56. The molecule has 0 aromatic heterocycles. The average molecular weight is 263 g/mol. The van der Waals surface area contributed by atoms with Crippen LogP contribution < -0.4 is 5.32 Å². The molecule has 0 unspecified atom stereocenters. The Hall–Kier alpha value is -1.64. The summed E-state index contributed by atoms with van der Waals surface area (Å²) in [5.74, 6) is -1.05. The SMILES string of the molecule is CC[C@@H](c1cc(C#N)cc(F)c1O)N1CCNCC1. The van der Waals surface area contributed by atoms with Crippen LogP contribution in [0.15, 0.2) is 12.1 Å². The van der Waals surface area contributed by atoms with Gasteiger partial charge in [-0.1, -0.05) is 6.92 Å². The zero-order chi connectivity index (χ0) is 13.8. The number of piperazine rings is 1. The van der Waals surface area contributed by atoms with E-state index in [1.54, 1.807) is 6.07 Å². The van der Waals surface area contributed by atoms with Gasteiger partial charge in [-0.05, 0) is 18.6 Å². The number of phenolic OH excluding ortho intramolecular Hbond substituents is 1. The van der Waals surface area contributed by atoms with Crippen LogP contribution in [0.5, 0.6) is 5.75 Å². The van der Waals surface area contributed by atoms with Crippen molar-refractivity contribution in [3.63, 3.8) is 0 Å². The largest absolute Gasteiger partial charge is 0.505 e. The van der Waals surface area contributed by atoms with Crippen LogP contribution in [-0.2, 0) is 0 Å². The second-order valence-corrected chi connectivity index (χ2v) is 4.72. The smallest absolute Gasteiger partial charge is 0.166 e. The number of nitriles is 1. The Kier molecular flexibility index (Phi) is 4.35. The first-order valence-corrected chi connectivity index (χ1v) is 6.54. The summed E-state index contributed by atoms with van der Waals surface area (Å²) in [5.41, 5.74) is 0.764. The van der Waals surface area contributed by atoms with Crippen LogP contribution >= 0.6 is 0 Å². The highest BCUT2D eigenvalue weighted by molar-refractivity contribution is 5.44. The molecule has 1 aliphatic heterocycles. The highest BCUT2D eigenvalue weighted by Gasteiger charge is 2.24. The minimum absolute atomic E-state index is 0.0510. The summed E-state index contributed by atoms with van der Waals surface area (Å²) in [7, 11) is 0. The third kappa shape index (κ3) is 2.86. The normalized spacial score (nSPS) is 17.9. The van der Waals surface area contributed by atoms with Crippen LogP contribution in [-0.4, -0.2) is 36.2 Å². The summed E-state index contributed by atoms with van der Waals surface area (Å²) in [6, 6.07) is 4.55. The Morgan fingerprint density at radius 2 is 2.16 bits per heavy atom. The van der Waals surface area contributed by atoms with Crippen molar-refractivity contribution >= 4 is 0 Å². The van der Waals surface area contributed by atoms with Crippen LogP contribution in [0.1, 0.15) is 30.5 Å². The molecule has 102 valence electrons. The summed E-state index contributed by atoms with van der Waals surface area (Å²) in [5, 5.41) is 22.1. The number of nitrogens with one attached hydrogen (secondary N) is 1. The lowest BCUT2D eigenvalue weighted by atomic mass is 9.98. The van der Waals surface area contributed by atoms with Gasteiger partial charge in [-0.3, -0.25) is 4.90 Å². The highest BCUT2D eigenvalue weighted by atomic mass is 19.1. The molecule has 1 fully saturated rings. The van der Waals surface area contributed by atoms with Gasteiger partial charge in [0.1, 0.15) is 0 Å². The fourth-order valence-corrected chi connectivity index (χ4v) is 2.61. The Bertz CT molecular complexity index is 492. The predicted octanol–water partition coefficient (Wildman–Crippen LogP) is 1.76. The highest BCUT2D eigenvalue weighted by Crippen LogP contribution is 2.34. The zero-order valence-corrected chi connectivity index (χ0v) is 11.0. The minimum Gasteiger partial charge on any atom is -0.505 e. The van der Waals surface area contributed by atoms with E-state index in [1.807, 2.05) is 13.0 Å². The molecule has 1 heterocycles. The van der Waals surface area contributed by atoms with E-state index in [-0.39, 0.29) is 17.4 Å². The molecule has 1 aromatic rings. The van der Waals surface area contributed by atoms with Crippen molar-refractivity contribution in [3.05, 3.63) is 29.1 Å². The summed E-state index contributed by atoms with van der Waals surface area (Å²) >= 11 is 0. The van der Waals surface area contributed by atoms with Gasteiger partial charge in [-0.2, -0.15) is 5.26 Å². The number of benzene rings is 1. The number of hydrogen-bond acceptors (Lipinski definition) is 4. The molecular weight excluding hydrogens is 245 g/mol. The Morgan fingerprint density at radius 1 is 1.47 bits per heavy atom. The molecular formula is C14H18FN3O. The van der Waals surface area contributed by atoms with Crippen molar-refractivity contribution in [1.29, 1.82) is 5.26 Å². The third-order valence-electron chi connectivity index (χ3n) is 3.56. The van der Waals surface area contributed by atoms with Crippen molar-refractivity contribution in [3.8, 4) is 11.8 Å². The van der Waals surface area contributed by atoms with Crippen LogP contribution in [0, 0.1) is 17.1 Å². The van der Waals surface area contributed by atoms with E-state index in [2.05, 4.69) is 10.2 Å². The summed E-state index contributed by atoms with van der Waals surface area (Å²) in [6.07, 6.45) is 0.766. The molecule has 1 saturated heterocycles. The van der Waals surface area contributed by atoms with Gasteiger partial charge in [-0.15, -0.1) is 0 Å². The lowest BCUT2D eigenvalue weighted by Gasteiger charge is -2.35. The van der Waals surface area contributed by atoms with Gasteiger partial charge in [0.25, 0.3) is 0 Å². The second-order valence-electron chi connectivity index (χ2n) is 4.72. The first-order valence-electron chi connectivity index (χ1n) is 6.54. The summed E-state index contributed by atoms with van der Waals surface area (Å²) in [6.45, 7) is 5.49. The molecule has 5 heteroatoms. The van der Waals surface area contributed by atoms with E-state index in [0.29, 0.717) is 5.56 Å². The molecule has 1 atom stereocenters. The monoisotopic (exact) mass is 263 g/mol. The average Bonchev–Trinajstić information content (AvgIpc) is 2.45. The molecule has 4 nitrogen and oxygen atoms in total. The number of phenols is 1. The van der Waals surface area contributed by atoms with Crippen LogP contribution in [0.4, 0.5) is 4.39 Å². The van der Waals surface area contributed by atoms with Gasteiger partial charge < -0.3 is 10.4 Å². The molecule has 0 saturated carbocycles. The fraction of sp³-hybridized carbons (Fsp3) is 0.500. The fourth-order valence-electron chi connectivity index (χ4n) is 2.61. The maximum absolute atomic E-state index is 13.7. The number of aromatic hydroxyl groups is 1. The predicted molar refractivity (Wildman–Crippen MR) is 70.3 cm³/mol. The van der Waals surface area contributed by atoms with E-state index in [4.69, 9.17) is 5.26 Å². The second kappa shape index (κ2) is 6.00. The maximum Gasteiger partial charge on any atom is 0.166 e. The van der Waals surface area contributed by atoms with E-state index in [0.717, 1.165) is 38.7 Å². The summed E-state index contributed by atoms with van der Waals surface area (Å²) in [4.78, 5) is 2.21. The van der Waals surface area contributed by atoms with E-state index < -0.39 is 5.82 Å². The van der Waals surface area contributed by atoms with Gasteiger partial charge in [0.05, 0.1) is 11.6 Å². The first-order chi connectivity index (χ1) is 9.17. The standard InChI is InChI=1S/C14H18FN3O/c1-2-13(18-5-3-17-4-6-18)11-7-10(9-16)8-12(15)14(11)19/h7-8,13,17,19H,2-6H2,1H3/t13-/m0/s1. The van der Waals surface area contributed by atoms with Crippen molar-refractivity contribution < 1.29 is 9.50 Å². The van der Waals surface area contributed by atoms with Crippen molar-refractivity contribution in [1.82, 2.24) is 10.2 Å². The number of hydrogen-bond donors (Lipinski definition) is 2. The molecule has 2 N–H and O–H groups in total. The lowest BCUT2D eigenvalue weighted by molar-refractivity contribution is 0.166. The quantitative estimate of drug-likeness (QED) is 0.872. The van der Waals surface area contributed by atoms with E-state index >= 15 is 0 Å². The van der Waals surface area contributed by atoms with Crippen molar-refractivity contribution in [2.45, 2.75) is 19.4 Å². The maximum atomic E-state index is 13.7. The van der Waals surface area contributed by atoms with Crippen molar-refractivity contribution in [2.75, 3.05) is 26.2 Å². The Balaban J connectivity index is 2.37. The molecule has 1 aromatic carbocycles. The van der Waals surface area contributed by atoms with Gasteiger partial charge in [0.2, 0.25) is 0 Å². The van der Waals surface area contributed by atoms with Gasteiger partial charge >= 0.3 is 0 Å². The van der Waals surface area contributed by atoms with Gasteiger partial charge in [0.15, 0.2) is 11.6 Å². The number of nitrogens with zero attached hydrogens (tertiary/aromatic N) is 2. The molecule has 0 bridgehead atoms. The summed E-state index contributed by atoms with van der Waals surface area (Å²) < 4.78 is 13.7. The van der Waals surface area contributed by atoms with E-state index in [1.165, 1.54) is 0 Å². The van der Waals surface area contributed by atoms with Gasteiger partial charge in [0, 0.05) is 37.8 Å². The van der Waals surface area contributed by atoms with E-state index in [9.17, 15) is 9.50 Å². The Morgan fingerprint density at radius 3 is 2.74 bits per heavy atom. The zero-order valence-electron chi connectivity index (χ0n) is 11.0. The number of rotatable bonds is 3. The number of halogens is 1. The molecule has 0 amide bonds. The lowest BCUT2D eigenvalue weighted by Crippen LogP contribution is -2.45. The topological polar surface area (TPSA) is 59.3 Å². The molecule has 19 heavy (non-hydrogen) atoms. The molecule has 0 aliphatic carbocycles. The van der Waals surface area contributed by atoms with Crippen LogP contribution in [0.25, 0.3) is 0 Å². The molecule has 0 spiro atoms. The first kappa shape index (κ1) is 13.8. The van der Waals surface area contributed by atoms with Gasteiger partial charge in [-0.25, -0.2) is 4.39 Å². The molecule has 2 rings (SSSR count). The molecule has 1 aliphatic rings. The van der Waals surface area contributed by atoms with Crippen LogP contribution in [0.3, 0.4) is 0 Å². The minimum atomic E-state index is -0.720. The van der Waals surface area contributed by atoms with Crippen molar-refractivity contribution in [2.24, 2.45) is 0 Å². The Labute approximate surface area is 112 Å². The molecule has 0 radical (unpaired) electrons. The van der Waals surface area contributed by atoms with Crippen LogP contribution in [0.2, 0.25) is 0 Å².